The van der Waals surface area contributed by atoms with Crippen LogP contribution in [0.3, 0.4) is 0 Å². The lowest BCUT2D eigenvalue weighted by molar-refractivity contribution is 0.0951. The van der Waals surface area contributed by atoms with Gasteiger partial charge in [-0.1, -0.05) is 49.4 Å². The number of carbonyl (C=O) groups excluding carboxylic acids is 1. The number of ether oxygens (including phenoxy) is 1. The van der Waals surface area contributed by atoms with E-state index in [0.29, 0.717) is 12.1 Å². The Morgan fingerprint density at radius 3 is 2.64 bits per heavy atom. The predicted octanol–water partition coefficient (Wildman–Crippen LogP) is 5.92. The third kappa shape index (κ3) is 5.13. The van der Waals surface area contributed by atoms with Gasteiger partial charge in [0.25, 0.3) is 5.91 Å². The average molecular weight is 477 g/mol. The molecule has 180 valence electrons. The van der Waals surface area contributed by atoms with Crippen LogP contribution in [0.2, 0.25) is 0 Å². The summed E-state index contributed by atoms with van der Waals surface area (Å²) in [4.78, 5) is 21.3. The zero-order chi connectivity index (χ0) is 24.9. The smallest absolute Gasteiger partial charge is 0.251 e. The van der Waals surface area contributed by atoms with Crippen molar-refractivity contribution in [2.45, 2.75) is 32.4 Å². The second-order valence-electron chi connectivity index (χ2n) is 8.88. The lowest BCUT2D eigenvalue weighted by Gasteiger charge is -2.22. The van der Waals surface area contributed by atoms with Gasteiger partial charge in [0.2, 0.25) is 0 Å². The minimum Gasteiger partial charge on any atom is -0.490 e. The van der Waals surface area contributed by atoms with E-state index in [-0.39, 0.29) is 17.9 Å². The summed E-state index contributed by atoms with van der Waals surface area (Å²) in [5.41, 5.74) is 5.39. The van der Waals surface area contributed by atoms with E-state index in [9.17, 15) is 4.79 Å². The maximum absolute atomic E-state index is 12.7. The number of pyridine rings is 1. The van der Waals surface area contributed by atoms with E-state index in [2.05, 4.69) is 53.4 Å². The number of nitrogens with one attached hydrogen (secondary N) is 1. The fourth-order valence-electron chi connectivity index (χ4n) is 4.20. The second-order valence-corrected chi connectivity index (χ2v) is 8.88. The van der Waals surface area contributed by atoms with Crippen LogP contribution in [0, 0.1) is 0 Å². The monoisotopic (exact) mass is 476 g/mol. The lowest BCUT2D eigenvalue weighted by Crippen LogP contribution is -2.22. The number of fused-ring (bicyclic) bond motifs is 1. The molecule has 0 saturated carbocycles. The molecule has 2 aromatic heterocycles. The topological polar surface area (TPSA) is 69.0 Å². The van der Waals surface area contributed by atoms with Crippen molar-refractivity contribution in [1.29, 1.82) is 0 Å². The van der Waals surface area contributed by atoms with Gasteiger partial charge in [0.15, 0.2) is 0 Å². The fraction of sp³-hybridized carbons (Fsp3) is 0.167. The number of hydrogen-bond acceptors (Lipinski definition) is 4. The standard InChI is InChI=1S/C30H28N4O2/c1-21(24-9-4-3-5-10-24)22(2)36-27-12-6-11-26(17-27)34-20-33-28-16-25(13-14-29(28)34)30(35)32-19-23-8-7-15-31-18-23/h3-18,20-22H,19H2,1-2H3,(H,32,35). The number of imidazole rings is 1. The van der Waals surface area contributed by atoms with Crippen molar-refractivity contribution in [2.24, 2.45) is 0 Å². The molecule has 6 nitrogen and oxygen atoms in total. The van der Waals surface area contributed by atoms with Gasteiger partial charge in [-0.3, -0.25) is 14.3 Å². The zero-order valence-electron chi connectivity index (χ0n) is 20.3. The summed E-state index contributed by atoms with van der Waals surface area (Å²) in [5, 5.41) is 2.93. The van der Waals surface area contributed by atoms with E-state index in [1.165, 1.54) is 5.56 Å². The largest absolute Gasteiger partial charge is 0.490 e. The van der Waals surface area contributed by atoms with Crippen molar-refractivity contribution in [1.82, 2.24) is 19.9 Å². The van der Waals surface area contributed by atoms with Gasteiger partial charge in [-0.2, -0.15) is 0 Å². The third-order valence-corrected chi connectivity index (χ3v) is 6.43. The Morgan fingerprint density at radius 2 is 1.83 bits per heavy atom. The summed E-state index contributed by atoms with van der Waals surface area (Å²) < 4.78 is 8.31. The molecule has 3 aromatic carbocycles. The van der Waals surface area contributed by atoms with Gasteiger partial charge in [0.05, 0.1) is 16.7 Å². The summed E-state index contributed by atoms with van der Waals surface area (Å²) in [6.45, 7) is 4.70. The molecule has 0 aliphatic heterocycles. The normalized spacial score (nSPS) is 12.7. The molecule has 0 spiro atoms. The molecule has 36 heavy (non-hydrogen) atoms. The maximum atomic E-state index is 12.7. The molecule has 0 aliphatic carbocycles. The molecule has 2 atom stereocenters. The number of benzene rings is 3. The quantitative estimate of drug-likeness (QED) is 0.302. The van der Waals surface area contributed by atoms with E-state index in [0.717, 1.165) is 28.0 Å². The molecule has 2 unspecified atom stereocenters. The summed E-state index contributed by atoms with van der Waals surface area (Å²) in [5.74, 6) is 0.912. The van der Waals surface area contributed by atoms with Crippen LogP contribution in [0.25, 0.3) is 16.7 Å². The summed E-state index contributed by atoms with van der Waals surface area (Å²) in [6.07, 6.45) is 5.24. The summed E-state index contributed by atoms with van der Waals surface area (Å²) >= 11 is 0. The van der Waals surface area contributed by atoms with Crippen molar-refractivity contribution in [2.75, 3.05) is 0 Å². The fourth-order valence-corrected chi connectivity index (χ4v) is 4.20. The highest BCUT2D eigenvalue weighted by Gasteiger charge is 2.16. The molecule has 1 N–H and O–H groups in total. The predicted molar refractivity (Wildman–Crippen MR) is 141 cm³/mol. The summed E-state index contributed by atoms with van der Waals surface area (Å²) in [6, 6.07) is 27.7. The van der Waals surface area contributed by atoms with Crippen molar-refractivity contribution in [3.05, 3.63) is 120 Å². The molecule has 2 heterocycles. The first-order chi connectivity index (χ1) is 17.6. The Bertz CT molecular complexity index is 1460. The van der Waals surface area contributed by atoms with Crippen LogP contribution in [0.4, 0.5) is 0 Å². The van der Waals surface area contributed by atoms with E-state index >= 15 is 0 Å². The second kappa shape index (κ2) is 10.4. The molecule has 0 radical (unpaired) electrons. The highest BCUT2D eigenvalue weighted by Crippen LogP contribution is 2.26. The van der Waals surface area contributed by atoms with Crippen LogP contribution in [-0.4, -0.2) is 26.5 Å². The van der Waals surface area contributed by atoms with Gasteiger partial charge >= 0.3 is 0 Å². The molecule has 6 heteroatoms. The van der Waals surface area contributed by atoms with Crippen LogP contribution in [0.5, 0.6) is 5.75 Å². The molecule has 5 rings (SSSR count). The molecule has 0 aliphatic rings. The Balaban J connectivity index is 1.31. The average Bonchev–Trinajstić information content (AvgIpc) is 3.36. The van der Waals surface area contributed by atoms with Crippen LogP contribution >= 0.6 is 0 Å². The highest BCUT2D eigenvalue weighted by atomic mass is 16.5. The minimum absolute atomic E-state index is 0.00918. The number of amides is 1. The molecule has 0 saturated heterocycles. The van der Waals surface area contributed by atoms with Crippen molar-refractivity contribution >= 4 is 16.9 Å². The van der Waals surface area contributed by atoms with Gasteiger partial charge in [-0.15, -0.1) is 0 Å². The SMILES string of the molecule is CC(Oc1cccc(-n2cnc3cc(C(=O)NCc4cccnc4)ccc32)c1)C(C)c1ccccc1. The zero-order valence-corrected chi connectivity index (χ0v) is 20.3. The van der Waals surface area contributed by atoms with Gasteiger partial charge in [-0.05, 0) is 54.4 Å². The molecular weight excluding hydrogens is 448 g/mol. The number of nitrogens with zero attached hydrogens (tertiary/aromatic N) is 3. The third-order valence-electron chi connectivity index (χ3n) is 6.43. The molecule has 5 aromatic rings. The van der Waals surface area contributed by atoms with Crippen molar-refractivity contribution in [3.8, 4) is 11.4 Å². The highest BCUT2D eigenvalue weighted by molar-refractivity contribution is 5.97. The molecule has 0 fully saturated rings. The number of aromatic nitrogens is 3. The first-order valence-corrected chi connectivity index (χ1v) is 12.0. The van der Waals surface area contributed by atoms with Gasteiger partial charge < -0.3 is 10.1 Å². The van der Waals surface area contributed by atoms with Gasteiger partial charge in [0, 0.05) is 36.5 Å². The van der Waals surface area contributed by atoms with E-state index < -0.39 is 0 Å². The Morgan fingerprint density at radius 1 is 0.972 bits per heavy atom. The van der Waals surface area contributed by atoms with Crippen molar-refractivity contribution in [3.63, 3.8) is 0 Å². The first-order valence-electron chi connectivity index (χ1n) is 12.0. The summed E-state index contributed by atoms with van der Waals surface area (Å²) in [7, 11) is 0. The Labute approximate surface area is 210 Å². The number of carbonyl (C=O) groups is 1. The Kier molecular flexibility index (Phi) is 6.76. The molecule has 1 amide bonds. The van der Waals surface area contributed by atoms with Crippen LogP contribution in [-0.2, 0) is 6.54 Å². The van der Waals surface area contributed by atoms with Crippen LogP contribution in [0.1, 0.15) is 41.3 Å². The molecule has 0 bridgehead atoms. The lowest BCUT2D eigenvalue weighted by atomic mass is 9.96. The van der Waals surface area contributed by atoms with Crippen LogP contribution in [0.15, 0.2) is 104 Å². The van der Waals surface area contributed by atoms with Crippen LogP contribution < -0.4 is 10.1 Å². The van der Waals surface area contributed by atoms with Gasteiger partial charge in [-0.25, -0.2) is 4.98 Å². The number of hydrogen-bond donors (Lipinski definition) is 1. The first kappa shape index (κ1) is 23.3. The van der Waals surface area contributed by atoms with Crippen molar-refractivity contribution < 1.29 is 9.53 Å². The number of rotatable bonds is 8. The van der Waals surface area contributed by atoms with E-state index in [1.807, 2.05) is 65.2 Å². The van der Waals surface area contributed by atoms with Gasteiger partial charge in [0.1, 0.15) is 18.2 Å². The van der Waals surface area contributed by atoms with E-state index in [1.54, 1.807) is 18.7 Å². The minimum atomic E-state index is -0.146. The Hall–Kier alpha value is -4.45. The maximum Gasteiger partial charge on any atom is 0.251 e. The van der Waals surface area contributed by atoms with E-state index in [4.69, 9.17) is 4.74 Å². The molecular formula is C30H28N4O2.